The zero-order valence-electron chi connectivity index (χ0n) is 30.0. The molecule has 0 fully saturated rings. The number of para-hydroxylation sites is 1. The summed E-state index contributed by atoms with van der Waals surface area (Å²) in [5.74, 6) is 1.42. The van der Waals surface area contributed by atoms with Gasteiger partial charge in [0.25, 0.3) is 0 Å². The van der Waals surface area contributed by atoms with Crippen LogP contribution in [-0.4, -0.2) is 9.97 Å². The lowest BCUT2D eigenvalue weighted by Crippen LogP contribution is -2.09. The molecule has 0 aliphatic carbocycles. The first kappa shape index (κ1) is 32.2. The van der Waals surface area contributed by atoms with Gasteiger partial charge in [0.05, 0.1) is 0 Å². The van der Waals surface area contributed by atoms with Gasteiger partial charge >= 0.3 is 0 Å². The van der Waals surface area contributed by atoms with Crippen LogP contribution >= 0.6 is 11.3 Å². The van der Waals surface area contributed by atoms with Crippen LogP contribution in [0.25, 0.3) is 87.4 Å². The van der Waals surface area contributed by atoms with E-state index in [2.05, 4.69) is 167 Å². The van der Waals surface area contributed by atoms with E-state index in [1.807, 2.05) is 41.7 Å². The molecule has 7 aromatic carbocycles. The van der Waals surface area contributed by atoms with E-state index in [9.17, 15) is 0 Å². The second-order valence-corrected chi connectivity index (χ2v) is 14.9. The van der Waals surface area contributed by atoms with E-state index in [0.29, 0.717) is 11.6 Å². The summed E-state index contributed by atoms with van der Waals surface area (Å²) in [5.41, 5.74) is 11.9. The number of fused-ring (bicyclic) bond motifs is 5. The van der Waals surface area contributed by atoms with Crippen molar-refractivity contribution < 1.29 is 8.83 Å². The highest BCUT2D eigenvalue weighted by atomic mass is 32.1. The van der Waals surface area contributed by atoms with Crippen molar-refractivity contribution in [1.29, 1.82) is 0 Å². The fraction of sp³-hybridized carbons (Fsp3) is 0. The van der Waals surface area contributed by atoms with Crippen LogP contribution in [0.15, 0.2) is 197 Å². The maximum atomic E-state index is 6.12. The third-order valence-electron chi connectivity index (χ3n) is 10.4. The minimum absolute atomic E-state index is 0.531. The summed E-state index contributed by atoms with van der Waals surface area (Å²) in [5, 5.41) is 3.71. The summed E-state index contributed by atoms with van der Waals surface area (Å²) in [6.07, 6.45) is 1.72. The van der Waals surface area contributed by atoms with Crippen molar-refractivity contribution in [2.24, 2.45) is 0 Å². The number of oxazole rings is 1. The summed E-state index contributed by atoms with van der Waals surface area (Å²) < 4.78 is 14.7. The van der Waals surface area contributed by atoms with Gasteiger partial charge in [-0.3, -0.25) is 0 Å². The molecular formula is C50H31N3O2S. The third kappa shape index (κ3) is 5.63. The van der Waals surface area contributed by atoms with Crippen LogP contribution in [0.2, 0.25) is 0 Å². The van der Waals surface area contributed by atoms with Crippen molar-refractivity contribution in [3.8, 4) is 45.0 Å². The number of pyridine rings is 1. The molecule has 0 N–H and O–H groups in total. The molecule has 0 unspecified atom stereocenters. The molecule has 4 aromatic heterocycles. The molecule has 0 amide bonds. The topological polar surface area (TPSA) is 55.3 Å². The van der Waals surface area contributed by atoms with Crippen molar-refractivity contribution in [2.45, 2.75) is 0 Å². The first-order valence-corrected chi connectivity index (χ1v) is 19.4. The van der Waals surface area contributed by atoms with Crippen molar-refractivity contribution >= 4 is 70.8 Å². The summed E-state index contributed by atoms with van der Waals surface area (Å²) in [4.78, 5) is 11.3. The second-order valence-electron chi connectivity index (χ2n) is 13.8. The number of benzene rings is 7. The molecule has 0 spiro atoms. The van der Waals surface area contributed by atoms with Crippen LogP contribution < -0.4 is 4.90 Å². The fourth-order valence-corrected chi connectivity index (χ4v) is 8.85. The average Bonchev–Trinajstić information content (AvgIpc) is 4.00. The molecule has 6 heteroatoms. The van der Waals surface area contributed by atoms with Crippen molar-refractivity contribution in [2.75, 3.05) is 4.90 Å². The van der Waals surface area contributed by atoms with Gasteiger partial charge in [-0.25, -0.2) is 9.97 Å². The highest BCUT2D eigenvalue weighted by Gasteiger charge is 2.17. The lowest BCUT2D eigenvalue weighted by molar-refractivity contribution is 0.608. The Morgan fingerprint density at radius 1 is 0.482 bits per heavy atom. The maximum absolute atomic E-state index is 6.12. The number of anilines is 3. The SMILES string of the molecule is c1ccc2oc(-c3ccc(-c4ccc(N(c5ccc(-c6nc7cccnc7o6)cc5)c5ccc(-c6cccc7c6sc6ccccc67)cc5)cc4)cc3)cc2c1. The molecule has 11 aromatic rings. The van der Waals surface area contributed by atoms with Crippen LogP contribution in [0.4, 0.5) is 17.1 Å². The lowest BCUT2D eigenvalue weighted by Gasteiger charge is -2.26. The van der Waals surface area contributed by atoms with Gasteiger partial charge in [0.1, 0.15) is 16.9 Å². The standard InChI is InChI=1S/C50H31N3O2S/c1-3-12-45-37(7-1)31-46(54-45)35-16-14-32(15-17-35)33-18-24-38(25-19-33)53(40-28-22-36(23-29-40)49-52-44-11-6-30-51-50(44)55-49)39-26-20-34(21-27-39)41-9-5-10-43-42-8-2-4-13-47(42)56-48(41)43/h1-31H. The Bertz CT molecular complexity index is 3110. The van der Waals surface area contributed by atoms with Gasteiger partial charge in [-0.1, -0.05) is 103 Å². The normalized spacial score (nSPS) is 11.6. The van der Waals surface area contributed by atoms with E-state index in [4.69, 9.17) is 8.83 Å². The lowest BCUT2D eigenvalue weighted by atomic mass is 10.0. The molecule has 0 atom stereocenters. The molecule has 4 heterocycles. The van der Waals surface area contributed by atoms with Crippen LogP contribution in [0, 0.1) is 0 Å². The van der Waals surface area contributed by atoms with Gasteiger partial charge in [0, 0.05) is 59.9 Å². The van der Waals surface area contributed by atoms with E-state index in [-0.39, 0.29) is 0 Å². The van der Waals surface area contributed by atoms with E-state index >= 15 is 0 Å². The quantitative estimate of drug-likeness (QED) is 0.163. The molecule has 11 rings (SSSR count). The Balaban J connectivity index is 0.943. The Labute approximate surface area is 326 Å². The van der Waals surface area contributed by atoms with Gasteiger partial charge in [-0.2, -0.15) is 0 Å². The zero-order chi connectivity index (χ0) is 37.0. The van der Waals surface area contributed by atoms with Crippen molar-refractivity contribution in [1.82, 2.24) is 9.97 Å². The van der Waals surface area contributed by atoms with Crippen molar-refractivity contribution in [3.63, 3.8) is 0 Å². The van der Waals surface area contributed by atoms with Gasteiger partial charge in [-0.15, -0.1) is 11.3 Å². The Morgan fingerprint density at radius 2 is 1.11 bits per heavy atom. The van der Waals surface area contributed by atoms with Crippen LogP contribution in [0.5, 0.6) is 0 Å². The number of furan rings is 1. The van der Waals surface area contributed by atoms with Gasteiger partial charge in [-0.05, 0) is 101 Å². The summed E-state index contributed by atoms with van der Waals surface area (Å²) >= 11 is 1.86. The molecule has 0 bridgehead atoms. The van der Waals surface area contributed by atoms with Crippen LogP contribution in [-0.2, 0) is 0 Å². The zero-order valence-corrected chi connectivity index (χ0v) is 30.8. The number of rotatable bonds is 7. The van der Waals surface area contributed by atoms with Crippen molar-refractivity contribution in [3.05, 3.63) is 188 Å². The minimum atomic E-state index is 0.531. The number of aromatic nitrogens is 2. The average molecular weight is 738 g/mol. The van der Waals surface area contributed by atoms with Gasteiger partial charge in [0.15, 0.2) is 0 Å². The number of hydrogen-bond donors (Lipinski definition) is 0. The summed E-state index contributed by atoms with van der Waals surface area (Å²) in [6.45, 7) is 0. The minimum Gasteiger partial charge on any atom is -0.456 e. The monoisotopic (exact) mass is 737 g/mol. The van der Waals surface area contributed by atoms with E-state index in [1.165, 1.54) is 31.3 Å². The predicted molar refractivity (Wildman–Crippen MR) is 231 cm³/mol. The Kier molecular flexibility index (Phi) is 7.60. The number of hydrogen-bond acceptors (Lipinski definition) is 6. The largest absolute Gasteiger partial charge is 0.456 e. The predicted octanol–water partition coefficient (Wildman–Crippen LogP) is 14.5. The smallest absolute Gasteiger partial charge is 0.247 e. The summed E-state index contributed by atoms with van der Waals surface area (Å²) in [6, 6.07) is 63.9. The first-order valence-electron chi connectivity index (χ1n) is 18.5. The number of nitrogens with zero attached hydrogens (tertiary/aromatic N) is 3. The molecule has 0 aliphatic heterocycles. The fourth-order valence-electron chi connectivity index (χ4n) is 7.61. The first-order chi connectivity index (χ1) is 27.7. The molecular weight excluding hydrogens is 707 g/mol. The molecule has 5 nitrogen and oxygen atoms in total. The number of thiophene rings is 1. The van der Waals surface area contributed by atoms with Gasteiger partial charge < -0.3 is 13.7 Å². The molecule has 0 saturated carbocycles. The molecule has 0 radical (unpaired) electrons. The maximum Gasteiger partial charge on any atom is 0.247 e. The highest BCUT2D eigenvalue weighted by molar-refractivity contribution is 7.26. The van der Waals surface area contributed by atoms with Gasteiger partial charge in [0.2, 0.25) is 11.6 Å². The Morgan fingerprint density at radius 3 is 1.84 bits per heavy atom. The third-order valence-corrected chi connectivity index (χ3v) is 11.7. The summed E-state index contributed by atoms with van der Waals surface area (Å²) in [7, 11) is 0. The highest BCUT2D eigenvalue weighted by Crippen LogP contribution is 2.42. The van der Waals surface area contributed by atoms with Crippen LogP contribution in [0.1, 0.15) is 0 Å². The second kappa shape index (κ2) is 13.2. The van der Waals surface area contributed by atoms with E-state index < -0.39 is 0 Å². The molecule has 56 heavy (non-hydrogen) atoms. The van der Waals surface area contributed by atoms with Crippen LogP contribution in [0.3, 0.4) is 0 Å². The molecule has 0 saturated heterocycles. The van der Waals surface area contributed by atoms with E-state index in [0.717, 1.165) is 61.6 Å². The molecule has 264 valence electrons. The van der Waals surface area contributed by atoms with E-state index in [1.54, 1.807) is 6.20 Å². The Hall–Kier alpha value is -7.28. The molecule has 0 aliphatic rings.